The van der Waals surface area contributed by atoms with Crippen LogP contribution in [0.5, 0.6) is 0 Å². The number of carbonyl (C=O) groups is 1. The molecule has 1 atom stereocenters. The van der Waals surface area contributed by atoms with Gasteiger partial charge in [-0.1, -0.05) is 39.2 Å². The average Bonchev–Trinajstić information content (AvgIpc) is 2.12. The molecule has 0 rings (SSSR count). The number of carbonyl (C=O) groups excluding carboxylic acids is 1. The minimum atomic E-state index is 0.346. The molecule has 76 valence electrons. The molecule has 0 amide bonds. The Morgan fingerprint density at radius 3 is 2.62 bits per heavy atom. The molecule has 0 radical (unpaired) electrons. The summed E-state index contributed by atoms with van der Waals surface area (Å²) in [6.07, 6.45) is 8.04. The highest BCUT2D eigenvalue weighted by Crippen LogP contribution is 2.09. The molecule has 0 bridgehead atoms. The lowest BCUT2D eigenvalue weighted by molar-refractivity contribution is -0.119. The van der Waals surface area contributed by atoms with E-state index in [1.807, 2.05) is 13.0 Å². The van der Waals surface area contributed by atoms with E-state index >= 15 is 0 Å². The van der Waals surface area contributed by atoms with Crippen LogP contribution in [0, 0.1) is 5.92 Å². The van der Waals surface area contributed by atoms with E-state index in [-0.39, 0.29) is 0 Å². The maximum absolute atomic E-state index is 11.3. The lowest BCUT2D eigenvalue weighted by atomic mass is 10.0. The van der Waals surface area contributed by atoms with Crippen molar-refractivity contribution in [2.75, 3.05) is 0 Å². The van der Waals surface area contributed by atoms with E-state index in [9.17, 15) is 4.79 Å². The molecule has 0 aromatic rings. The average molecular weight is 182 g/mol. The van der Waals surface area contributed by atoms with E-state index in [0.29, 0.717) is 18.1 Å². The fourth-order valence-electron chi connectivity index (χ4n) is 1.29. The molecule has 0 aromatic carbocycles. The summed E-state index contributed by atoms with van der Waals surface area (Å²) in [6.45, 7) is 7.89. The Kier molecular flexibility index (Phi) is 7.66. The van der Waals surface area contributed by atoms with Crippen LogP contribution in [0.1, 0.15) is 52.4 Å². The van der Waals surface area contributed by atoms with Crippen LogP contribution in [0.3, 0.4) is 0 Å². The van der Waals surface area contributed by atoms with Crippen LogP contribution >= 0.6 is 0 Å². The van der Waals surface area contributed by atoms with Crippen LogP contribution in [-0.4, -0.2) is 5.78 Å². The number of rotatable bonds is 8. The van der Waals surface area contributed by atoms with Gasteiger partial charge >= 0.3 is 0 Å². The summed E-state index contributed by atoms with van der Waals surface area (Å²) < 4.78 is 0. The van der Waals surface area contributed by atoms with Crippen molar-refractivity contribution in [3.8, 4) is 0 Å². The third-order valence-corrected chi connectivity index (χ3v) is 2.26. The molecule has 13 heavy (non-hydrogen) atoms. The van der Waals surface area contributed by atoms with Gasteiger partial charge < -0.3 is 0 Å². The fraction of sp³-hybridized carbons (Fsp3) is 0.750. The van der Waals surface area contributed by atoms with Gasteiger partial charge in [0.2, 0.25) is 0 Å². The zero-order chi connectivity index (χ0) is 10.1. The van der Waals surface area contributed by atoms with E-state index in [1.165, 1.54) is 19.3 Å². The Morgan fingerprint density at radius 1 is 1.38 bits per heavy atom. The topological polar surface area (TPSA) is 17.1 Å². The Hall–Kier alpha value is -0.590. The van der Waals surface area contributed by atoms with E-state index in [1.54, 1.807) is 0 Å². The van der Waals surface area contributed by atoms with E-state index < -0.39 is 0 Å². The van der Waals surface area contributed by atoms with Gasteiger partial charge in [-0.25, -0.2) is 0 Å². The molecule has 0 N–H and O–H groups in total. The first kappa shape index (κ1) is 12.4. The van der Waals surface area contributed by atoms with Gasteiger partial charge in [0.25, 0.3) is 0 Å². The smallest absolute Gasteiger partial charge is 0.133 e. The summed E-state index contributed by atoms with van der Waals surface area (Å²) >= 11 is 0. The van der Waals surface area contributed by atoms with Crippen molar-refractivity contribution >= 4 is 5.78 Å². The highest BCUT2D eigenvalue weighted by atomic mass is 16.1. The summed E-state index contributed by atoms with van der Waals surface area (Å²) in [7, 11) is 0. The molecule has 1 unspecified atom stereocenters. The summed E-state index contributed by atoms with van der Waals surface area (Å²) in [5.74, 6) is 0.738. The summed E-state index contributed by atoms with van der Waals surface area (Å²) in [6, 6.07) is 0. The lowest BCUT2D eigenvalue weighted by Gasteiger charge is -2.04. The molecule has 1 nitrogen and oxygen atoms in total. The maximum atomic E-state index is 11.3. The minimum absolute atomic E-state index is 0.346. The molecule has 0 saturated heterocycles. The molecular formula is C12H22O. The van der Waals surface area contributed by atoms with Crippen LogP contribution in [0.4, 0.5) is 0 Å². The van der Waals surface area contributed by atoms with Gasteiger partial charge in [0, 0.05) is 12.8 Å². The molecule has 0 heterocycles. The van der Waals surface area contributed by atoms with Gasteiger partial charge in [0.05, 0.1) is 0 Å². The molecule has 0 aliphatic carbocycles. The largest absolute Gasteiger partial charge is 0.300 e. The van der Waals surface area contributed by atoms with Gasteiger partial charge in [0.1, 0.15) is 5.78 Å². The van der Waals surface area contributed by atoms with Crippen LogP contribution in [0.25, 0.3) is 0 Å². The fourth-order valence-corrected chi connectivity index (χ4v) is 1.29. The van der Waals surface area contributed by atoms with E-state index in [2.05, 4.69) is 13.5 Å². The number of ketones is 1. The van der Waals surface area contributed by atoms with Crippen molar-refractivity contribution in [3.63, 3.8) is 0 Å². The highest BCUT2D eigenvalue weighted by molar-refractivity contribution is 5.78. The van der Waals surface area contributed by atoms with Gasteiger partial charge in [0.15, 0.2) is 0 Å². The van der Waals surface area contributed by atoms with Crippen LogP contribution < -0.4 is 0 Å². The maximum Gasteiger partial charge on any atom is 0.133 e. The zero-order valence-corrected chi connectivity index (χ0v) is 9.01. The third kappa shape index (κ3) is 7.76. The molecule has 0 fully saturated rings. The van der Waals surface area contributed by atoms with Crippen molar-refractivity contribution < 1.29 is 4.79 Å². The van der Waals surface area contributed by atoms with E-state index in [0.717, 1.165) is 12.8 Å². The zero-order valence-electron chi connectivity index (χ0n) is 9.01. The third-order valence-electron chi connectivity index (χ3n) is 2.26. The number of Topliss-reactive ketones (excluding diaryl/α,β-unsaturated/α-hetero) is 1. The normalized spacial score (nSPS) is 12.5. The SMILES string of the molecule is C=CC(C)CC(=O)CCCCCC. The van der Waals surface area contributed by atoms with E-state index in [4.69, 9.17) is 0 Å². The minimum Gasteiger partial charge on any atom is -0.300 e. The van der Waals surface area contributed by atoms with Crippen LogP contribution in [0.15, 0.2) is 12.7 Å². The van der Waals surface area contributed by atoms with Crippen molar-refractivity contribution in [3.05, 3.63) is 12.7 Å². The highest BCUT2D eigenvalue weighted by Gasteiger charge is 2.05. The summed E-state index contributed by atoms with van der Waals surface area (Å²) in [4.78, 5) is 11.3. The van der Waals surface area contributed by atoms with Crippen LogP contribution in [-0.2, 0) is 4.79 Å². The lowest BCUT2D eigenvalue weighted by Crippen LogP contribution is -2.02. The first-order chi connectivity index (χ1) is 6.20. The quantitative estimate of drug-likeness (QED) is 0.413. The first-order valence-electron chi connectivity index (χ1n) is 5.35. The second-order valence-electron chi connectivity index (χ2n) is 3.77. The van der Waals surface area contributed by atoms with Gasteiger partial charge in [-0.2, -0.15) is 0 Å². The Balaban J connectivity index is 3.35. The van der Waals surface area contributed by atoms with Crippen molar-refractivity contribution in [2.45, 2.75) is 52.4 Å². The second kappa shape index (κ2) is 8.03. The Labute approximate surface area is 82.2 Å². The first-order valence-corrected chi connectivity index (χ1v) is 5.35. The number of allylic oxidation sites excluding steroid dienone is 1. The van der Waals surface area contributed by atoms with Crippen molar-refractivity contribution in [1.82, 2.24) is 0 Å². The molecule has 0 aromatic heterocycles. The van der Waals surface area contributed by atoms with Gasteiger partial charge in [-0.05, 0) is 12.3 Å². The molecule has 0 aliphatic heterocycles. The predicted molar refractivity (Wildman–Crippen MR) is 57.7 cm³/mol. The predicted octanol–water partition coefficient (Wildman–Crippen LogP) is 3.74. The Bertz CT molecular complexity index is 149. The standard InChI is InChI=1S/C12H22O/c1-4-6-7-8-9-12(13)10-11(3)5-2/h5,11H,2,4,6-10H2,1,3H3. The van der Waals surface area contributed by atoms with Crippen LogP contribution in [0.2, 0.25) is 0 Å². The monoisotopic (exact) mass is 182 g/mol. The van der Waals surface area contributed by atoms with Crippen molar-refractivity contribution in [1.29, 1.82) is 0 Å². The van der Waals surface area contributed by atoms with Gasteiger partial charge in [-0.15, -0.1) is 6.58 Å². The van der Waals surface area contributed by atoms with Crippen molar-refractivity contribution in [2.24, 2.45) is 5.92 Å². The van der Waals surface area contributed by atoms with Gasteiger partial charge in [-0.3, -0.25) is 4.79 Å². The number of hydrogen-bond acceptors (Lipinski definition) is 1. The molecular weight excluding hydrogens is 160 g/mol. The summed E-state index contributed by atoms with van der Waals surface area (Å²) in [5, 5.41) is 0. The number of unbranched alkanes of at least 4 members (excludes halogenated alkanes) is 3. The summed E-state index contributed by atoms with van der Waals surface area (Å²) in [5.41, 5.74) is 0. The molecule has 1 heteroatoms. The number of hydrogen-bond donors (Lipinski definition) is 0. The Morgan fingerprint density at radius 2 is 2.08 bits per heavy atom. The molecule has 0 saturated carbocycles. The molecule has 0 spiro atoms. The second-order valence-corrected chi connectivity index (χ2v) is 3.77. The molecule has 0 aliphatic rings.